The number of carbonyl (C=O) groups excluding carboxylic acids is 2. The zero-order chi connectivity index (χ0) is 18.7. The van der Waals surface area contributed by atoms with Gasteiger partial charge in [0, 0.05) is 16.5 Å². The zero-order valence-electron chi connectivity index (χ0n) is 14.7. The predicted molar refractivity (Wildman–Crippen MR) is 102 cm³/mol. The Labute approximate surface area is 157 Å². The van der Waals surface area contributed by atoms with Crippen LogP contribution in [0.25, 0.3) is 11.0 Å². The summed E-state index contributed by atoms with van der Waals surface area (Å²) < 4.78 is 1.85. The molecule has 3 aromatic rings. The van der Waals surface area contributed by atoms with Gasteiger partial charge in [-0.15, -0.1) is 0 Å². The number of hydrogen-bond acceptors (Lipinski definition) is 3. The van der Waals surface area contributed by atoms with Crippen molar-refractivity contribution in [2.75, 3.05) is 0 Å². The highest BCUT2D eigenvalue weighted by atomic mass is 35.5. The van der Waals surface area contributed by atoms with E-state index in [0.29, 0.717) is 16.4 Å². The highest BCUT2D eigenvalue weighted by molar-refractivity contribution is 6.30. The van der Waals surface area contributed by atoms with Crippen LogP contribution in [0.3, 0.4) is 0 Å². The smallest absolute Gasteiger partial charge is 0.222 e. The molecule has 0 saturated carbocycles. The lowest BCUT2D eigenvalue weighted by Crippen LogP contribution is -2.29. The molecule has 2 aromatic carbocycles. The van der Waals surface area contributed by atoms with E-state index < -0.39 is 0 Å². The molecule has 0 fully saturated rings. The van der Waals surface area contributed by atoms with Crippen LogP contribution in [0.1, 0.15) is 30.0 Å². The normalized spacial score (nSPS) is 11.1. The third kappa shape index (κ3) is 3.94. The van der Waals surface area contributed by atoms with Crippen LogP contribution in [0, 0.1) is 5.92 Å². The van der Waals surface area contributed by atoms with E-state index in [0.717, 1.165) is 11.0 Å². The molecule has 0 saturated heterocycles. The first-order chi connectivity index (χ1) is 12.5. The maximum absolute atomic E-state index is 12.7. The average molecular weight is 370 g/mol. The minimum absolute atomic E-state index is 0.0405. The van der Waals surface area contributed by atoms with Crippen molar-refractivity contribution in [1.29, 1.82) is 0 Å². The molecule has 5 nitrogen and oxygen atoms in total. The maximum atomic E-state index is 12.7. The van der Waals surface area contributed by atoms with Crippen LogP contribution in [0.2, 0.25) is 5.02 Å². The van der Waals surface area contributed by atoms with Gasteiger partial charge in [-0.2, -0.15) is 0 Å². The Morgan fingerprint density at radius 3 is 2.50 bits per heavy atom. The number of amides is 1. The van der Waals surface area contributed by atoms with E-state index >= 15 is 0 Å². The summed E-state index contributed by atoms with van der Waals surface area (Å²) in [7, 11) is 0. The molecule has 1 N–H and O–H groups in total. The summed E-state index contributed by atoms with van der Waals surface area (Å²) in [5.74, 6) is 0.458. The topological polar surface area (TPSA) is 64.0 Å². The molecule has 26 heavy (non-hydrogen) atoms. The highest BCUT2D eigenvalue weighted by Gasteiger charge is 2.16. The van der Waals surface area contributed by atoms with E-state index in [1.165, 1.54) is 0 Å². The minimum Gasteiger partial charge on any atom is -0.349 e. The molecular weight excluding hydrogens is 350 g/mol. The number of ketones is 1. The van der Waals surface area contributed by atoms with E-state index in [-0.39, 0.29) is 30.7 Å². The number of nitrogens with one attached hydrogen (secondary N) is 1. The Bertz CT molecular complexity index is 945. The maximum Gasteiger partial charge on any atom is 0.222 e. The van der Waals surface area contributed by atoms with Gasteiger partial charge in [0.15, 0.2) is 5.78 Å². The molecule has 0 aliphatic heterocycles. The van der Waals surface area contributed by atoms with Gasteiger partial charge in [0.05, 0.1) is 24.1 Å². The van der Waals surface area contributed by atoms with Crippen molar-refractivity contribution in [2.24, 2.45) is 5.92 Å². The quantitative estimate of drug-likeness (QED) is 0.671. The van der Waals surface area contributed by atoms with E-state index in [1.807, 2.05) is 42.7 Å². The lowest BCUT2D eigenvalue weighted by atomic mass is 10.1. The molecule has 0 aliphatic carbocycles. The monoisotopic (exact) mass is 369 g/mol. The van der Waals surface area contributed by atoms with Gasteiger partial charge in [-0.25, -0.2) is 4.98 Å². The summed E-state index contributed by atoms with van der Waals surface area (Å²) in [6.45, 7) is 4.10. The molecular formula is C20H20ClN3O2. The number of imidazole rings is 1. The number of halogens is 1. The number of carbonyl (C=O) groups is 2. The van der Waals surface area contributed by atoms with Gasteiger partial charge in [-0.3, -0.25) is 9.59 Å². The molecule has 0 aliphatic rings. The van der Waals surface area contributed by atoms with E-state index in [9.17, 15) is 9.59 Å². The van der Waals surface area contributed by atoms with Gasteiger partial charge >= 0.3 is 0 Å². The highest BCUT2D eigenvalue weighted by Crippen LogP contribution is 2.18. The van der Waals surface area contributed by atoms with Crippen LogP contribution in [0.15, 0.2) is 48.5 Å². The van der Waals surface area contributed by atoms with Gasteiger partial charge in [0.25, 0.3) is 0 Å². The fourth-order valence-electron chi connectivity index (χ4n) is 2.68. The Kier molecular flexibility index (Phi) is 5.38. The molecule has 1 aromatic heterocycles. The summed E-state index contributed by atoms with van der Waals surface area (Å²) in [6, 6.07) is 14.4. The summed E-state index contributed by atoms with van der Waals surface area (Å²) >= 11 is 5.89. The van der Waals surface area contributed by atoms with Crippen molar-refractivity contribution in [3.8, 4) is 0 Å². The molecule has 0 atom stereocenters. The third-order valence-corrected chi connectivity index (χ3v) is 4.40. The number of hydrogen-bond donors (Lipinski definition) is 1. The summed E-state index contributed by atoms with van der Waals surface area (Å²) in [6.07, 6.45) is 0. The van der Waals surface area contributed by atoms with Crippen LogP contribution in [0.5, 0.6) is 0 Å². The van der Waals surface area contributed by atoms with E-state index in [2.05, 4.69) is 10.3 Å². The number of nitrogens with zero attached hydrogens (tertiary/aromatic N) is 2. The molecule has 0 spiro atoms. The van der Waals surface area contributed by atoms with E-state index in [1.54, 1.807) is 24.3 Å². The number of Topliss-reactive ketones (excluding diaryl/α,β-unsaturated/α-hetero) is 1. The van der Waals surface area contributed by atoms with Crippen LogP contribution < -0.4 is 5.32 Å². The second kappa shape index (κ2) is 7.70. The molecule has 0 unspecified atom stereocenters. The van der Waals surface area contributed by atoms with Gasteiger partial charge in [-0.1, -0.05) is 37.6 Å². The molecule has 3 rings (SSSR count). The number of para-hydroxylation sites is 2. The Morgan fingerprint density at radius 2 is 1.81 bits per heavy atom. The molecule has 1 amide bonds. The molecule has 0 bridgehead atoms. The van der Waals surface area contributed by atoms with Crippen LogP contribution >= 0.6 is 11.6 Å². The van der Waals surface area contributed by atoms with Crippen LogP contribution in [-0.2, 0) is 17.9 Å². The number of fused-ring (bicyclic) bond motifs is 1. The summed E-state index contributed by atoms with van der Waals surface area (Å²) in [5, 5.41) is 3.46. The van der Waals surface area contributed by atoms with Crippen molar-refractivity contribution in [3.63, 3.8) is 0 Å². The van der Waals surface area contributed by atoms with Crippen molar-refractivity contribution >= 4 is 34.3 Å². The van der Waals surface area contributed by atoms with Gasteiger partial charge in [-0.05, 0) is 36.4 Å². The Hall–Kier alpha value is -2.66. The Balaban J connectivity index is 1.90. The summed E-state index contributed by atoms with van der Waals surface area (Å²) in [5.41, 5.74) is 2.25. The van der Waals surface area contributed by atoms with Gasteiger partial charge in [0.2, 0.25) is 5.91 Å². The first kappa shape index (κ1) is 18.1. The van der Waals surface area contributed by atoms with Crippen LogP contribution in [0.4, 0.5) is 0 Å². The largest absolute Gasteiger partial charge is 0.349 e. The van der Waals surface area contributed by atoms with Crippen LogP contribution in [-0.4, -0.2) is 21.2 Å². The fourth-order valence-corrected chi connectivity index (χ4v) is 2.80. The van der Waals surface area contributed by atoms with Gasteiger partial charge in [0.1, 0.15) is 5.82 Å². The average Bonchev–Trinajstić information content (AvgIpc) is 2.97. The summed E-state index contributed by atoms with van der Waals surface area (Å²) in [4.78, 5) is 29.2. The number of rotatable bonds is 6. The molecule has 6 heteroatoms. The predicted octanol–water partition coefficient (Wildman–Crippen LogP) is 3.84. The fraction of sp³-hybridized carbons (Fsp3) is 0.250. The third-order valence-electron chi connectivity index (χ3n) is 4.15. The number of benzene rings is 2. The first-order valence-electron chi connectivity index (χ1n) is 8.46. The molecule has 1 heterocycles. The standard InChI is InChI=1S/C20H20ClN3O2/c1-13(2)20(26)22-11-19-23-16-5-3-4-6-17(16)24(19)12-18(25)14-7-9-15(21)10-8-14/h3-10,13H,11-12H2,1-2H3,(H,22,26). The van der Waals surface area contributed by atoms with Crippen molar-refractivity contribution in [1.82, 2.24) is 14.9 Å². The molecule has 134 valence electrons. The Morgan fingerprint density at radius 1 is 1.12 bits per heavy atom. The zero-order valence-corrected chi connectivity index (χ0v) is 15.5. The lowest BCUT2D eigenvalue weighted by molar-refractivity contribution is -0.124. The minimum atomic E-state index is -0.108. The second-order valence-corrected chi connectivity index (χ2v) is 6.84. The first-order valence-corrected chi connectivity index (χ1v) is 8.84. The van der Waals surface area contributed by atoms with Crippen molar-refractivity contribution in [3.05, 3.63) is 64.9 Å². The van der Waals surface area contributed by atoms with Crippen molar-refractivity contribution < 1.29 is 9.59 Å². The lowest BCUT2D eigenvalue weighted by Gasteiger charge is -2.11. The number of aromatic nitrogens is 2. The SMILES string of the molecule is CC(C)C(=O)NCc1nc2ccccc2n1CC(=O)c1ccc(Cl)cc1. The second-order valence-electron chi connectivity index (χ2n) is 6.41. The van der Waals surface area contributed by atoms with E-state index in [4.69, 9.17) is 11.6 Å². The molecule has 0 radical (unpaired) electrons. The van der Waals surface area contributed by atoms with Gasteiger partial charge < -0.3 is 9.88 Å². The van der Waals surface area contributed by atoms with Crippen molar-refractivity contribution in [2.45, 2.75) is 26.9 Å².